The van der Waals surface area contributed by atoms with Crippen molar-refractivity contribution in [3.8, 4) is 11.5 Å². The van der Waals surface area contributed by atoms with E-state index in [0.29, 0.717) is 22.1 Å². The van der Waals surface area contributed by atoms with Crippen molar-refractivity contribution in [1.29, 1.82) is 5.41 Å². The van der Waals surface area contributed by atoms with Crippen LogP contribution in [0.4, 0.5) is 0 Å². The average molecular weight is 340 g/mol. The van der Waals surface area contributed by atoms with Gasteiger partial charge in [0, 0.05) is 5.02 Å². The lowest BCUT2D eigenvalue weighted by atomic mass is 10.1. The molecule has 0 radical (unpaired) electrons. The van der Waals surface area contributed by atoms with Crippen molar-refractivity contribution in [2.24, 2.45) is 5.73 Å². The topological polar surface area (TPSA) is 59.1 Å². The number of hydrogen-bond acceptors (Lipinski definition) is 2. The van der Waals surface area contributed by atoms with Gasteiger partial charge in [0.05, 0.1) is 10.0 Å². The van der Waals surface area contributed by atoms with Gasteiger partial charge in [-0.05, 0) is 53.2 Å². The number of hydrogen-bond donors (Lipinski definition) is 2. The third kappa shape index (κ3) is 3.28. The van der Waals surface area contributed by atoms with Crippen LogP contribution in [0, 0.1) is 12.3 Å². The molecule has 0 aliphatic rings. The number of amidine groups is 1. The molecular weight excluding hydrogens is 328 g/mol. The highest BCUT2D eigenvalue weighted by Crippen LogP contribution is 2.33. The van der Waals surface area contributed by atoms with Gasteiger partial charge in [-0.1, -0.05) is 23.2 Å². The van der Waals surface area contributed by atoms with Crippen LogP contribution in [-0.4, -0.2) is 5.84 Å². The average Bonchev–Trinajstić information content (AvgIpc) is 2.34. The summed E-state index contributed by atoms with van der Waals surface area (Å²) in [4.78, 5) is 0. The molecule has 0 aliphatic heterocycles. The lowest BCUT2D eigenvalue weighted by molar-refractivity contribution is 0.478. The molecule has 5 heteroatoms. The molecule has 0 bridgehead atoms. The molecule has 0 amide bonds. The predicted molar refractivity (Wildman–Crippen MR) is 81.4 cm³/mol. The minimum Gasteiger partial charge on any atom is -0.455 e. The fraction of sp³-hybridized carbons (Fsp3) is 0.0714. The van der Waals surface area contributed by atoms with Crippen molar-refractivity contribution >= 4 is 33.4 Å². The molecule has 3 nitrogen and oxygen atoms in total. The molecule has 0 spiro atoms. The smallest absolute Gasteiger partial charge is 0.141 e. The van der Waals surface area contributed by atoms with Crippen molar-refractivity contribution in [3.05, 3.63) is 57.0 Å². The van der Waals surface area contributed by atoms with Crippen LogP contribution in [0.25, 0.3) is 0 Å². The van der Waals surface area contributed by atoms with E-state index in [1.165, 1.54) is 0 Å². The molecule has 0 fully saturated rings. The Morgan fingerprint density at radius 2 is 1.89 bits per heavy atom. The van der Waals surface area contributed by atoms with Crippen LogP contribution in [0.15, 0.2) is 40.9 Å². The minimum absolute atomic E-state index is 0.0243. The van der Waals surface area contributed by atoms with Gasteiger partial charge in [0.1, 0.15) is 17.3 Å². The number of ether oxygens (including phenoxy) is 1. The summed E-state index contributed by atoms with van der Waals surface area (Å²) in [5.74, 6) is 1.14. The SMILES string of the molecule is Cc1ccc(Oc2ccc(Cl)cc2Br)c(C(=N)N)c1. The van der Waals surface area contributed by atoms with Crippen LogP contribution in [-0.2, 0) is 0 Å². The Balaban J connectivity index is 2.40. The summed E-state index contributed by atoms with van der Waals surface area (Å²) >= 11 is 9.27. The zero-order valence-corrected chi connectivity index (χ0v) is 12.5. The van der Waals surface area contributed by atoms with E-state index in [2.05, 4.69) is 15.9 Å². The van der Waals surface area contributed by atoms with Crippen LogP contribution in [0.5, 0.6) is 11.5 Å². The maximum absolute atomic E-state index is 7.59. The Hall–Kier alpha value is -1.52. The van der Waals surface area contributed by atoms with E-state index < -0.39 is 0 Å². The number of nitrogens with one attached hydrogen (secondary N) is 1. The second-order valence-corrected chi connectivity index (χ2v) is 5.38. The second-order valence-electron chi connectivity index (χ2n) is 4.09. The summed E-state index contributed by atoms with van der Waals surface area (Å²) in [6.07, 6.45) is 0. The van der Waals surface area contributed by atoms with Crippen LogP contribution < -0.4 is 10.5 Å². The van der Waals surface area contributed by atoms with Crippen LogP contribution in [0.2, 0.25) is 5.02 Å². The first-order valence-electron chi connectivity index (χ1n) is 5.55. The van der Waals surface area contributed by atoms with E-state index in [-0.39, 0.29) is 5.84 Å². The maximum Gasteiger partial charge on any atom is 0.141 e. The molecule has 3 N–H and O–H groups in total. The first-order chi connectivity index (χ1) is 8.97. The van der Waals surface area contributed by atoms with Gasteiger partial charge in [-0.3, -0.25) is 5.41 Å². The van der Waals surface area contributed by atoms with E-state index >= 15 is 0 Å². The third-order valence-electron chi connectivity index (χ3n) is 2.54. The molecule has 2 aromatic carbocycles. The molecule has 19 heavy (non-hydrogen) atoms. The Kier molecular flexibility index (Phi) is 4.12. The van der Waals surface area contributed by atoms with Crippen molar-refractivity contribution in [3.63, 3.8) is 0 Å². The molecular formula is C14H12BrClN2O. The van der Waals surface area contributed by atoms with Gasteiger partial charge in [-0.15, -0.1) is 0 Å². The Labute approximate surface area is 125 Å². The van der Waals surface area contributed by atoms with E-state index in [9.17, 15) is 0 Å². The van der Waals surface area contributed by atoms with Gasteiger partial charge in [-0.2, -0.15) is 0 Å². The second kappa shape index (κ2) is 5.63. The molecule has 0 saturated carbocycles. The van der Waals surface area contributed by atoms with Gasteiger partial charge in [0.15, 0.2) is 0 Å². The zero-order chi connectivity index (χ0) is 14.0. The van der Waals surface area contributed by atoms with Crippen molar-refractivity contribution in [2.45, 2.75) is 6.92 Å². The molecule has 0 heterocycles. The molecule has 2 rings (SSSR count). The fourth-order valence-electron chi connectivity index (χ4n) is 1.62. The minimum atomic E-state index is -0.0243. The first kappa shape index (κ1) is 13.9. The molecule has 0 saturated heterocycles. The number of aryl methyl sites for hydroxylation is 1. The third-order valence-corrected chi connectivity index (χ3v) is 3.39. The Morgan fingerprint density at radius 3 is 2.53 bits per heavy atom. The van der Waals surface area contributed by atoms with Gasteiger partial charge < -0.3 is 10.5 Å². The van der Waals surface area contributed by atoms with Crippen molar-refractivity contribution < 1.29 is 4.74 Å². The van der Waals surface area contributed by atoms with Gasteiger partial charge >= 0.3 is 0 Å². The fourth-order valence-corrected chi connectivity index (χ4v) is 2.38. The summed E-state index contributed by atoms with van der Waals surface area (Å²) in [5, 5.41) is 8.21. The van der Waals surface area contributed by atoms with Gasteiger partial charge in [-0.25, -0.2) is 0 Å². The monoisotopic (exact) mass is 338 g/mol. The lowest BCUT2D eigenvalue weighted by Crippen LogP contribution is -2.12. The Bertz CT molecular complexity index is 643. The van der Waals surface area contributed by atoms with E-state index in [1.54, 1.807) is 24.3 Å². The lowest BCUT2D eigenvalue weighted by Gasteiger charge is -2.12. The highest BCUT2D eigenvalue weighted by molar-refractivity contribution is 9.10. The summed E-state index contributed by atoms with van der Waals surface area (Å²) in [6.45, 7) is 1.94. The number of rotatable bonds is 3. The standard InChI is InChI=1S/C14H12BrClN2O/c1-8-2-4-12(10(6-8)14(17)18)19-13-5-3-9(16)7-11(13)15/h2-7H,1H3,(H3,17,18). The molecule has 0 unspecified atom stereocenters. The molecule has 0 atom stereocenters. The zero-order valence-electron chi connectivity index (χ0n) is 10.2. The Morgan fingerprint density at radius 1 is 1.21 bits per heavy atom. The normalized spacial score (nSPS) is 10.3. The number of benzene rings is 2. The summed E-state index contributed by atoms with van der Waals surface area (Å²) in [5.41, 5.74) is 7.16. The highest BCUT2D eigenvalue weighted by Gasteiger charge is 2.10. The maximum atomic E-state index is 7.59. The number of halogens is 2. The molecule has 98 valence electrons. The summed E-state index contributed by atoms with van der Waals surface area (Å²) in [7, 11) is 0. The number of nitrogen functional groups attached to an aromatic ring is 1. The van der Waals surface area contributed by atoms with Crippen molar-refractivity contribution in [1.82, 2.24) is 0 Å². The van der Waals surface area contributed by atoms with Crippen LogP contribution in [0.3, 0.4) is 0 Å². The highest BCUT2D eigenvalue weighted by atomic mass is 79.9. The van der Waals surface area contributed by atoms with Gasteiger partial charge in [0.2, 0.25) is 0 Å². The molecule has 2 aromatic rings. The van der Waals surface area contributed by atoms with Crippen molar-refractivity contribution in [2.75, 3.05) is 0 Å². The predicted octanol–water partition coefficient (Wildman–Crippen LogP) is 4.49. The molecule has 0 aromatic heterocycles. The quantitative estimate of drug-likeness (QED) is 0.639. The van der Waals surface area contributed by atoms with Gasteiger partial charge in [0.25, 0.3) is 0 Å². The van der Waals surface area contributed by atoms with E-state index in [1.807, 2.05) is 19.1 Å². The summed E-state index contributed by atoms with van der Waals surface area (Å²) in [6, 6.07) is 10.8. The van der Waals surface area contributed by atoms with E-state index in [4.69, 9.17) is 27.5 Å². The van der Waals surface area contributed by atoms with E-state index in [0.717, 1.165) is 10.0 Å². The van der Waals surface area contributed by atoms with Crippen LogP contribution in [0.1, 0.15) is 11.1 Å². The summed E-state index contributed by atoms with van der Waals surface area (Å²) < 4.78 is 6.53. The first-order valence-corrected chi connectivity index (χ1v) is 6.72. The largest absolute Gasteiger partial charge is 0.455 e. The van der Waals surface area contributed by atoms with Crippen LogP contribution >= 0.6 is 27.5 Å². The molecule has 0 aliphatic carbocycles. The number of nitrogens with two attached hydrogens (primary N) is 1.